The van der Waals surface area contributed by atoms with E-state index in [0.717, 1.165) is 226 Å². The number of halogens is 2. The lowest BCUT2D eigenvalue weighted by atomic mass is 9.97. The molecule has 0 radical (unpaired) electrons. The number of aromatic hydroxyl groups is 3. The van der Waals surface area contributed by atoms with Crippen LogP contribution in [0.2, 0.25) is 0 Å². The van der Waals surface area contributed by atoms with Crippen molar-refractivity contribution in [1.29, 1.82) is 15.8 Å². The standard InChI is InChI=1S/C21H17N3OS.C20H18N4O2S.C20H17N3O2S.C20H15N3OS.C16H11BrN2O.C16H13BrO/c1-13-19(14(2)26-23-13)21-20(15-8-10-16(25-3)11-9-15)17-6-4-5-7-18(17)24(21)12-22;1-11-17(12(2)27-23-11)19-18(13-7-9-14(25)10-8-13)15-5-3-4-6-16(15)24(19)20(21)22-26;1-11-17(12(2)26-22-11)19-18(13-7-9-14(24)10-8-13)15-5-3-4-6-16(15)23(19)20(21)25;1-12-18(13(2)25-22-12)20-19(14-7-9-15(24)10-8-14)16-5-3-4-6-17(16)23(20)11-21;1-20-12-8-6-11(7-9-12)15-13-4-2-3-5-14(13)19(10-18)16(15)17;1-18-13-8-6-11(7-9-13)16-14-5-3-2-4-12(14)10-15(16)17/h4-11H,1-3H3;3-10,25-26H,1-2H3,(H2,21,22);3-10,24H,1-2H3,(H2,21,25);3-10,24H,1-2H3;2-9H,1H3;2-9H,10H2,1H3. The fourth-order valence-electron chi connectivity index (χ4n) is 18.4. The number of nitrogens with zero attached hydrogens (tertiary/aromatic N) is 13. The molecule has 8 N–H and O–H groups in total. The van der Waals surface area contributed by atoms with Crippen LogP contribution in [0.25, 0.3) is 161 Å². The van der Waals surface area contributed by atoms with E-state index < -0.39 is 6.03 Å². The molecule has 142 heavy (non-hydrogen) atoms. The van der Waals surface area contributed by atoms with Crippen molar-refractivity contribution in [3.8, 4) is 154 Å². The Morgan fingerprint density at radius 3 is 0.958 bits per heavy atom. The third-order valence-electron chi connectivity index (χ3n) is 24.8. The highest BCUT2D eigenvalue weighted by molar-refractivity contribution is 9.11. The Morgan fingerprint density at radius 2 is 0.627 bits per heavy atom. The molecule has 29 heteroatoms. The van der Waals surface area contributed by atoms with E-state index in [1.165, 1.54) is 72.9 Å². The van der Waals surface area contributed by atoms with Gasteiger partial charge in [0, 0.05) is 107 Å². The summed E-state index contributed by atoms with van der Waals surface area (Å²) >= 11 is 13.0. The maximum atomic E-state index is 12.4. The van der Waals surface area contributed by atoms with Gasteiger partial charge in [-0.3, -0.25) is 9.13 Å². The number of primary amides is 1. The third-order valence-corrected chi connectivity index (χ3v) is 29.6. The minimum absolute atomic E-state index is 0.0174. The van der Waals surface area contributed by atoms with Crippen molar-refractivity contribution in [3.63, 3.8) is 0 Å². The van der Waals surface area contributed by atoms with Gasteiger partial charge < -0.3 is 46.2 Å². The van der Waals surface area contributed by atoms with E-state index in [9.17, 15) is 41.1 Å². The quantitative estimate of drug-likeness (QED) is 0.0270. The molecule has 0 unspecified atom stereocenters. The lowest BCUT2D eigenvalue weighted by Crippen LogP contribution is -2.23. The normalized spacial score (nSPS) is 11.4. The molecule has 12 aromatic carbocycles. The molecule has 22 rings (SSSR count). The molecule has 0 bridgehead atoms. The number of allylic oxidation sites excluding steroid dienone is 1. The lowest BCUT2D eigenvalue weighted by molar-refractivity contribution is 0.251. The molecule has 0 spiro atoms. The first kappa shape index (κ1) is 97.2. The average Bonchev–Trinajstić information content (AvgIpc) is 1.50. The molecule has 9 heterocycles. The maximum Gasteiger partial charge on any atom is 0.323 e. The van der Waals surface area contributed by atoms with Crippen LogP contribution in [0.1, 0.15) is 59.0 Å². The minimum atomic E-state index is -0.536. The van der Waals surface area contributed by atoms with E-state index >= 15 is 0 Å². The first-order chi connectivity index (χ1) is 68.8. The van der Waals surface area contributed by atoms with Crippen LogP contribution in [0.5, 0.6) is 34.5 Å². The molecule has 1 aliphatic rings. The second kappa shape index (κ2) is 42.1. The molecule has 0 aliphatic heterocycles. The first-order valence-corrected chi connectivity index (χ1v) is 49.3. The number of aryl methyl sites for hydroxylation is 8. The van der Waals surface area contributed by atoms with E-state index in [-0.39, 0.29) is 23.2 Å². The number of carbonyl (C=O) groups is 1. The zero-order valence-electron chi connectivity index (χ0n) is 78.7. The molecule has 1 amide bonds. The molecule has 0 saturated carbocycles. The van der Waals surface area contributed by atoms with Gasteiger partial charge in [0.2, 0.25) is 5.96 Å². The number of oxime groups is 1. The summed E-state index contributed by atoms with van der Waals surface area (Å²) in [4.78, 5) is 16.6. The van der Waals surface area contributed by atoms with Gasteiger partial charge >= 0.3 is 6.03 Å². The number of rotatable bonds is 13. The number of amides is 1. The number of ether oxygens (including phenoxy) is 3. The van der Waals surface area contributed by atoms with Gasteiger partial charge in [-0.2, -0.15) is 33.3 Å². The Morgan fingerprint density at radius 1 is 0.352 bits per heavy atom. The van der Waals surface area contributed by atoms with Crippen molar-refractivity contribution >= 4 is 150 Å². The molecule has 9 aromatic heterocycles. The molecule has 0 saturated heterocycles. The van der Waals surface area contributed by atoms with Crippen LogP contribution in [0.4, 0.5) is 4.79 Å². The van der Waals surface area contributed by atoms with Crippen molar-refractivity contribution in [2.45, 2.75) is 61.8 Å². The number of aromatic nitrogens is 9. The van der Waals surface area contributed by atoms with Crippen LogP contribution in [-0.4, -0.2) is 94.2 Å². The van der Waals surface area contributed by atoms with Crippen molar-refractivity contribution in [2.24, 2.45) is 16.6 Å². The van der Waals surface area contributed by atoms with Crippen molar-refractivity contribution in [2.75, 3.05) is 21.3 Å². The number of nitrogens with two attached hydrogens (primary N) is 2. The molecule has 0 fully saturated rings. The van der Waals surface area contributed by atoms with Crippen molar-refractivity contribution in [1.82, 2.24) is 40.3 Å². The van der Waals surface area contributed by atoms with Gasteiger partial charge in [0.15, 0.2) is 18.6 Å². The van der Waals surface area contributed by atoms with Crippen molar-refractivity contribution in [3.05, 3.63) is 359 Å². The Balaban J connectivity index is 0.000000118. The van der Waals surface area contributed by atoms with Gasteiger partial charge in [0.25, 0.3) is 0 Å². The van der Waals surface area contributed by atoms with Crippen LogP contribution in [0.15, 0.2) is 305 Å². The second-order valence-electron chi connectivity index (χ2n) is 33.2. The largest absolute Gasteiger partial charge is 0.508 e. The van der Waals surface area contributed by atoms with Crippen LogP contribution < -0.4 is 25.7 Å². The number of methoxy groups -OCH3 is 3. The molecule has 0 atom stereocenters. The number of carbonyl (C=O) groups excluding carboxylic acids is 1. The molecule has 704 valence electrons. The van der Waals surface area contributed by atoms with E-state index in [2.05, 4.69) is 122 Å². The number of para-hydroxylation sites is 5. The average molecular weight is 2080 g/mol. The van der Waals surface area contributed by atoms with Crippen LogP contribution in [0.3, 0.4) is 0 Å². The zero-order valence-corrected chi connectivity index (χ0v) is 85.1. The Labute approximate surface area is 851 Å². The highest BCUT2D eigenvalue weighted by Crippen LogP contribution is 2.51. The smallest absolute Gasteiger partial charge is 0.323 e. The molecule has 1 aliphatic carbocycles. The van der Waals surface area contributed by atoms with Gasteiger partial charge in [-0.05, 0) is 271 Å². The number of phenols is 3. The van der Waals surface area contributed by atoms with Crippen LogP contribution >= 0.6 is 78.0 Å². The first-order valence-electron chi connectivity index (χ1n) is 44.7. The summed E-state index contributed by atoms with van der Waals surface area (Å²) in [6.07, 6.45) is 7.87. The zero-order chi connectivity index (χ0) is 100. The van der Waals surface area contributed by atoms with Gasteiger partial charge in [-0.1, -0.05) is 209 Å². The number of hydrogen-bond donors (Lipinski definition) is 6. The third kappa shape index (κ3) is 18.6. The maximum absolute atomic E-state index is 12.4. The van der Waals surface area contributed by atoms with Gasteiger partial charge in [-0.15, -0.1) is 0 Å². The highest BCUT2D eigenvalue weighted by atomic mass is 79.9. The van der Waals surface area contributed by atoms with E-state index in [1.54, 1.807) is 80.6 Å². The predicted octanol–water partition coefficient (Wildman–Crippen LogP) is 28.3. The van der Waals surface area contributed by atoms with E-state index in [0.29, 0.717) is 0 Å². The summed E-state index contributed by atoms with van der Waals surface area (Å²) in [5.41, 5.74) is 42.0. The number of hydrogen-bond acceptors (Lipinski definition) is 20. The lowest BCUT2D eigenvalue weighted by Gasteiger charge is -2.12. The number of fused-ring (bicyclic) bond motifs is 6. The van der Waals surface area contributed by atoms with E-state index in [4.69, 9.17) is 25.7 Å². The minimum Gasteiger partial charge on any atom is -0.508 e. The summed E-state index contributed by atoms with van der Waals surface area (Å²) in [6.45, 7) is 15.9. The Kier molecular flexibility index (Phi) is 28.8. The second-order valence-corrected chi connectivity index (χ2v) is 38.8. The van der Waals surface area contributed by atoms with Crippen LogP contribution in [0, 0.1) is 89.8 Å². The fourth-order valence-corrected chi connectivity index (χ4v) is 22.7. The number of nitriles is 3. The number of benzene rings is 12. The summed E-state index contributed by atoms with van der Waals surface area (Å²) in [6, 6.07) is 92.4. The monoisotopic (exact) mass is 2070 g/mol. The van der Waals surface area contributed by atoms with Crippen molar-refractivity contribution < 1.29 is 39.5 Å². The van der Waals surface area contributed by atoms with Gasteiger partial charge in [0.1, 0.15) is 39.1 Å². The molecule has 21 aromatic rings. The SMILES string of the molecule is COc1ccc(-c2c(-c3c(C)nsc3C)n(C#N)c3ccccc23)cc1.COc1ccc(-c2c(Br)n(C#N)c3ccccc23)cc1.COc1ccc(C2=C(Br)Cc3ccccc32)cc1.Cc1nsc(C)c1-c1c(-c2ccc(O)cc2)c2ccccc2n1/C(N)=N/O.Cc1nsc(C)c1-c1c(-c2ccc(O)cc2)c2ccccc2n1C#N.Cc1nsc(C)c1-c1c(-c2ccc(O)cc2)c2ccccc2n1C(N)=O. The van der Waals surface area contributed by atoms with Gasteiger partial charge in [-0.25, -0.2) is 18.5 Å². The van der Waals surface area contributed by atoms with Gasteiger partial charge in [0.05, 0.1) is 94.5 Å². The fraction of sp³-hybridized carbons (Fsp3) is 0.106. The van der Waals surface area contributed by atoms with Crippen LogP contribution in [-0.2, 0) is 6.42 Å². The summed E-state index contributed by atoms with van der Waals surface area (Å²) in [5, 5.41) is 75.8. The Hall–Kier alpha value is -16.4. The highest BCUT2D eigenvalue weighted by Gasteiger charge is 2.32. The predicted molar refractivity (Wildman–Crippen MR) is 580 cm³/mol. The topological polar surface area (TPSA) is 338 Å². The summed E-state index contributed by atoms with van der Waals surface area (Å²) in [5.74, 6) is 3.11. The summed E-state index contributed by atoms with van der Waals surface area (Å²) in [7, 11) is 4.99. The number of phenolic OH excluding ortho intramolecular Hbond substituents is 3. The molecule has 23 nitrogen and oxygen atoms in total. The summed E-state index contributed by atoms with van der Waals surface area (Å²) < 4.78 is 43.9. The van der Waals surface area contributed by atoms with E-state index in [1.807, 2.05) is 261 Å². The molecular formula is C113H91Br2N15O8S4. The molecular weight excluding hydrogens is 1980 g/mol. The Bertz CT molecular complexity index is 8500.